The molecule has 0 radical (unpaired) electrons. The zero-order valence-corrected chi connectivity index (χ0v) is 16.7. The maximum atomic E-state index is 11.1. The highest BCUT2D eigenvalue weighted by Gasteiger charge is 2.16. The molecule has 28 heavy (non-hydrogen) atoms. The molecule has 0 unspecified atom stereocenters. The summed E-state index contributed by atoms with van der Waals surface area (Å²) in [4.78, 5) is 10.8. The van der Waals surface area contributed by atoms with Crippen LogP contribution in [0.4, 0.5) is 5.69 Å². The number of nitrogens with one attached hydrogen (secondary N) is 1. The van der Waals surface area contributed by atoms with Gasteiger partial charge in [-0.05, 0) is 44.5 Å². The predicted octanol–water partition coefficient (Wildman–Crippen LogP) is 4.18. The van der Waals surface area contributed by atoms with Gasteiger partial charge in [0.25, 0.3) is 5.69 Å². The number of rotatable bonds is 10. The number of benzene rings is 2. The average Bonchev–Trinajstić information content (AvgIpc) is 3.02. The molecule has 1 heterocycles. The van der Waals surface area contributed by atoms with Gasteiger partial charge in [0.2, 0.25) is 5.88 Å². The van der Waals surface area contributed by atoms with Gasteiger partial charge in [-0.15, -0.1) is 17.5 Å². The number of hydrogen-bond acceptors (Lipinski definition) is 5. The molecule has 1 N–H and O–H groups in total. The van der Waals surface area contributed by atoms with Gasteiger partial charge in [-0.25, -0.2) is 0 Å². The second-order valence-electron chi connectivity index (χ2n) is 6.42. The summed E-state index contributed by atoms with van der Waals surface area (Å²) in [6, 6.07) is 14.8. The Hall–Kier alpha value is -2.64. The summed E-state index contributed by atoms with van der Waals surface area (Å²) in [5.41, 5.74) is 1.98. The van der Waals surface area contributed by atoms with Gasteiger partial charge in [0.1, 0.15) is 0 Å². The van der Waals surface area contributed by atoms with Gasteiger partial charge in [0.05, 0.1) is 29.0 Å². The summed E-state index contributed by atoms with van der Waals surface area (Å²) in [5, 5.41) is 19.5. The fourth-order valence-electron chi connectivity index (χ4n) is 2.98. The lowest BCUT2D eigenvalue weighted by molar-refractivity contribution is -0.384. The van der Waals surface area contributed by atoms with Gasteiger partial charge in [0.15, 0.2) is 0 Å². The van der Waals surface area contributed by atoms with Gasteiger partial charge >= 0.3 is 0 Å². The molecule has 0 saturated carbocycles. The van der Waals surface area contributed by atoms with E-state index in [1.54, 1.807) is 12.1 Å². The summed E-state index contributed by atoms with van der Waals surface area (Å²) in [6.07, 6.45) is 3.07. The summed E-state index contributed by atoms with van der Waals surface area (Å²) in [7, 11) is 1.94. The van der Waals surface area contributed by atoms with E-state index in [1.807, 2.05) is 42.1 Å². The van der Waals surface area contributed by atoms with Crippen molar-refractivity contribution in [1.82, 2.24) is 15.1 Å². The van der Waals surface area contributed by atoms with Crippen molar-refractivity contribution in [2.75, 3.05) is 20.2 Å². The van der Waals surface area contributed by atoms with E-state index in [1.165, 1.54) is 6.07 Å². The van der Waals surface area contributed by atoms with Crippen LogP contribution in [0.1, 0.15) is 24.8 Å². The van der Waals surface area contributed by atoms with Crippen LogP contribution in [-0.4, -0.2) is 34.9 Å². The van der Waals surface area contributed by atoms with Crippen molar-refractivity contribution in [3.8, 4) is 5.88 Å². The zero-order valence-electron chi connectivity index (χ0n) is 15.8. The molecule has 3 rings (SSSR count). The van der Waals surface area contributed by atoms with E-state index in [0.29, 0.717) is 24.4 Å². The monoisotopic (exact) mass is 404 g/mol. The second kappa shape index (κ2) is 10.6. The van der Waals surface area contributed by atoms with E-state index in [9.17, 15) is 10.1 Å². The molecule has 1 aromatic heterocycles. The van der Waals surface area contributed by atoms with E-state index in [-0.39, 0.29) is 18.1 Å². The molecule has 0 bridgehead atoms. The van der Waals surface area contributed by atoms with Crippen molar-refractivity contribution < 1.29 is 9.66 Å². The van der Waals surface area contributed by atoms with Crippen LogP contribution in [0.2, 0.25) is 0 Å². The van der Waals surface area contributed by atoms with E-state index >= 15 is 0 Å². The normalized spacial score (nSPS) is 10.6. The van der Waals surface area contributed by atoms with E-state index in [2.05, 4.69) is 10.4 Å². The number of unbranched alkanes of at least 4 members (excludes halogenated alkanes) is 2. The minimum absolute atomic E-state index is 0. The maximum Gasteiger partial charge on any atom is 0.270 e. The Morgan fingerprint density at radius 2 is 1.93 bits per heavy atom. The van der Waals surface area contributed by atoms with E-state index < -0.39 is 4.92 Å². The molecule has 0 aliphatic rings. The number of hydrogen-bond donors (Lipinski definition) is 1. The molecule has 3 aromatic rings. The summed E-state index contributed by atoms with van der Waals surface area (Å²) >= 11 is 0. The molecule has 0 aliphatic carbocycles. The lowest BCUT2D eigenvalue weighted by Crippen LogP contribution is -2.08. The molecule has 2 aromatic carbocycles. The van der Waals surface area contributed by atoms with Gasteiger partial charge in [-0.2, -0.15) is 0 Å². The van der Waals surface area contributed by atoms with Crippen molar-refractivity contribution >= 4 is 29.0 Å². The van der Waals surface area contributed by atoms with Crippen molar-refractivity contribution in [2.45, 2.75) is 25.8 Å². The van der Waals surface area contributed by atoms with Gasteiger partial charge in [-0.3, -0.25) is 14.8 Å². The Morgan fingerprint density at radius 1 is 1.14 bits per heavy atom. The molecule has 150 valence electrons. The third-order valence-electron chi connectivity index (χ3n) is 4.40. The minimum atomic E-state index is -0.393. The lowest BCUT2D eigenvalue weighted by atomic mass is 10.2. The van der Waals surface area contributed by atoms with Gasteiger partial charge in [-0.1, -0.05) is 30.3 Å². The Balaban J connectivity index is 0.00000280. The smallest absolute Gasteiger partial charge is 0.270 e. The molecule has 7 nitrogen and oxygen atoms in total. The first-order valence-electron chi connectivity index (χ1n) is 9.15. The Morgan fingerprint density at radius 3 is 2.64 bits per heavy atom. The van der Waals surface area contributed by atoms with Crippen LogP contribution in [0.5, 0.6) is 5.88 Å². The molecule has 0 amide bonds. The number of fused-ring (bicyclic) bond motifs is 1. The molecular weight excluding hydrogens is 380 g/mol. The van der Waals surface area contributed by atoms with Crippen LogP contribution in [0.25, 0.3) is 10.9 Å². The SMILES string of the molecule is CNCCCCCOc1nn(Cc2ccccc2)c2ccc([N+](=O)[O-])cc12.Cl. The fraction of sp³-hybridized carbons (Fsp3) is 0.350. The van der Waals surface area contributed by atoms with Crippen molar-refractivity contribution in [2.24, 2.45) is 0 Å². The number of aromatic nitrogens is 2. The van der Waals surface area contributed by atoms with Crippen LogP contribution in [0.15, 0.2) is 48.5 Å². The Bertz CT molecular complexity index is 899. The van der Waals surface area contributed by atoms with Crippen LogP contribution < -0.4 is 10.1 Å². The third-order valence-corrected chi connectivity index (χ3v) is 4.40. The zero-order chi connectivity index (χ0) is 19.1. The van der Waals surface area contributed by atoms with Crippen LogP contribution >= 0.6 is 12.4 Å². The predicted molar refractivity (Wildman–Crippen MR) is 112 cm³/mol. The van der Waals surface area contributed by atoms with Gasteiger partial charge < -0.3 is 10.1 Å². The molecule has 8 heteroatoms. The topological polar surface area (TPSA) is 82.2 Å². The minimum Gasteiger partial charge on any atom is -0.476 e. The highest BCUT2D eigenvalue weighted by atomic mass is 35.5. The summed E-state index contributed by atoms with van der Waals surface area (Å²) in [5.74, 6) is 0.457. The van der Waals surface area contributed by atoms with Crippen LogP contribution in [0.3, 0.4) is 0 Å². The van der Waals surface area contributed by atoms with Crippen LogP contribution in [-0.2, 0) is 6.54 Å². The van der Waals surface area contributed by atoms with Crippen molar-refractivity contribution in [3.63, 3.8) is 0 Å². The van der Waals surface area contributed by atoms with Gasteiger partial charge in [0, 0.05) is 12.1 Å². The first-order valence-corrected chi connectivity index (χ1v) is 9.15. The Kier molecular flexibility index (Phi) is 8.22. The highest BCUT2D eigenvalue weighted by molar-refractivity contribution is 5.86. The molecule has 0 fully saturated rings. The maximum absolute atomic E-state index is 11.1. The number of halogens is 1. The molecule has 0 aliphatic heterocycles. The first-order chi connectivity index (χ1) is 13.2. The largest absolute Gasteiger partial charge is 0.476 e. The molecular formula is C20H25ClN4O3. The number of ether oxygens (including phenoxy) is 1. The van der Waals surface area contributed by atoms with Crippen molar-refractivity contribution in [1.29, 1.82) is 0 Å². The summed E-state index contributed by atoms with van der Waals surface area (Å²) in [6.45, 7) is 2.12. The number of nitro benzene ring substituents is 1. The summed E-state index contributed by atoms with van der Waals surface area (Å²) < 4.78 is 7.72. The molecule has 0 saturated heterocycles. The second-order valence-corrected chi connectivity index (χ2v) is 6.42. The third kappa shape index (κ3) is 5.43. The molecule has 0 atom stereocenters. The lowest BCUT2D eigenvalue weighted by Gasteiger charge is -2.04. The number of nitro groups is 1. The quantitative estimate of drug-likeness (QED) is 0.311. The highest BCUT2D eigenvalue weighted by Crippen LogP contribution is 2.29. The molecule has 0 spiro atoms. The van der Waals surface area contributed by atoms with E-state index in [4.69, 9.17) is 4.74 Å². The van der Waals surface area contributed by atoms with Crippen LogP contribution in [0, 0.1) is 10.1 Å². The number of non-ortho nitro benzene ring substituents is 1. The first kappa shape index (κ1) is 21.7. The fourth-order valence-corrected chi connectivity index (χ4v) is 2.98. The Labute approximate surface area is 170 Å². The number of nitrogens with zero attached hydrogens (tertiary/aromatic N) is 3. The van der Waals surface area contributed by atoms with E-state index in [0.717, 1.165) is 36.9 Å². The standard InChI is InChI=1S/C20H24N4O3.ClH/c1-21-12-6-3-7-13-27-20-18-14-17(24(25)26)10-11-19(18)23(22-20)15-16-8-4-2-5-9-16;/h2,4-5,8-11,14,21H,3,6-7,12-13,15H2,1H3;1H. The average molecular weight is 405 g/mol. The van der Waals surface area contributed by atoms with Crippen molar-refractivity contribution in [3.05, 3.63) is 64.2 Å².